The minimum atomic E-state index is -0.734. The van der Waals surface area contributed by atoms with Gasteiger partial charge in [-0.25, -0.2) is 10.4 Å². The Labute approximate surface area is 184 Å². The van der Waals surface area contributed by atoms with Gasteiger partial charge in [-0.15, -0.1) is 11.3 Å². The summed E-state index contributed by atoms with van der Waals surface area (Å²) in [5.41, 5.74) is 4.24. The SMILES string of the molecule is CCOc1ccccc1C=NNC(=O)[C@@H](C)n1cnc2sc3c(c2c1=O)CC[C@H](C)C3. The molecule has 162 valence electrons. The number of nitrogens with one attached hydrogen (secondary N) is 1. The van der Waals surface area contributed by atoms with E-state index in [4.69, 9.17) is 4.74 Å². The van der Waals surface area contributed by atoms with E-state index < -0.39 is 6.04 Å². The number of hydrogen-bond donors (Lipinski definition) is 1. The molecular formula is C23H26N4O3S. The van der Waals surface area contributed by atoms with E-state index in [1.165, 1.54) is 22.0 Å². The van der Waals surface area contributed by atoms with Crippen LogP contribution in [0.1, 0.15) is 49.2 Å². The number of fused-ring (bicyclic) bond motifs is 3. The van der Waals surface area contributed by atoms with E-state index in [0.717, 1.165) is 35.2 Å². The molecule has 0 aliphatic heterocycles. The number of carbonyl (C=O) groups excluding carboxylic acids is 1. The van der Waals surface area contributed by atoms with Crippen molar-refractivity contribution in [2.45, 2.75) is 46.1 Å². The van der Waals surface area contributed by atoms with Gasteiger partial charge >= 0.3 is 0 Å². The van der Waals surface area contributed by atoms with Gasteiger partial charge in [-0.2, -0.15) is 5.10 Å². The van der Waals surface area contributed by atoms with Crippen LogP contribution in [0.5, 0.6) is 5.75 Å². The number of hydrazone groups is 1. The van der Waals surface area contributed by atoms with Crippen LogP contribution in [0.2, 0.25) is 0 Å². The fraction of sp³-hybridized carbons (Fsp3) is 0.391. The van der Waals surface area contributed by atoms with Gasteiger partial charge in [-0.05, 0) is 56.7 Å². The Morgan fingerprint density at radius 1 is 1.45 bits per heavy atom. The number of benzene rings is 1. The van der Waals surface area contributed by atoms with E-state index in [-0.39, 0.29) is 11.5 Å². The standard InChI is InChI=1S/C23H26N4O3S/c1-4-30-18-8-6-5-7-16(18)12-25-26-21(28)15(3)27-13-24-22-20(23(27)29)17-10-9-14(2)11-19(17)31-22/h5-8,12-15H,4,9-11H2,1-3H3,(H,26,28)/t14-,15+/m0/s1. The number of hydrogen-bond acceptors (Lipinski definition) is 6. The van der Waals surface area contributed by atoms with Crippen molar-refractivity contribution < 1.29 is 9.53 Å². The lowest BCUT2D eigenvalue weighted by Gasteiger charge is -2.18. The summed E-state index contributed by atoms with van der Waals surface area (Å²) in [4.78, 5) is 32.4. The van der Waals surface area contributed by atoms with Crippen LogP contribution >= 0.6 is 11.3 Å². The summed E-state index contributed by atoms with van der Waals surface area (Å²) in [5.74, 6) is 0.933. The fourth-order valence-electron chi connectivity index (χ4n) is 3.88. The maximum atomic E-state index is 13.2. The highest BCUT2D eigenvalue weighted by Crippen LogP contribution is 2.35. The number of nitrogens with zero attached hydrogens (tertiary/aromatic N) is 3. The summed E-state index contributed by atoms with van der Waals surface area (Å²) < 4.78 is 6.95. The average molecular weight is 439 g/mol. The lowest BCUT2D eigenvalue weighted by molar-refractivity contribution is -0.123. The maximum Gasteiger partial charge on any atom is 0.263 e. The number of aromatic nitrogens is 2. The Kier molecular flexibility index (Phi) is 6.18. The molecule has 4 rings (SSSR count). The lowest BCUT2D eigenvalue weighted by Crippen LogP contribution is -2.34. The second-order valence-corrected chi connectivity index (χ2v) is 8.95. The molecule has 0 saturated heterocycles. The molecule has 31 heavy (non-hydrogen) atoms. The first-order valence-electron chi connectivity index (χ1n) is 10.6. The predicted octanol–water partition coefficient (Wildman–Crippen LogP) is 3.69. The number of amides is 1. The summed E-state index contributed by atoms with van der Waals surface area (Å²) in [7, 11) is 0. The van der Waals surface area contributed by atoms with Gasteiger partial charge in [0.25, 0.3) is 11.5 Å². The van der Waals surface area contributed by atoms with Gasteiger partial charge in [0.15, 0.2) is 0 Å². The third-order valence-electron chi connectivity index (χ3n) is 5.63. The van der Waals surface area contributed by atoms with Crippen LogP contribution in [0.25, 0.3) is 10.2 Å². The summed E-state index contributed by atoms with van der Waals surface area (Å²) >= 11 is 1.60. The largest absolute Gasteiger partial charge is 0.493 e. The molecule has 2 atom stereocenters. The fourth-order valence-corrected chi connectivity index (χ4v) is 5.22. The zero-order chi connectivity index (χ0) is 22.0. The minimum absolute atomic E-state index is 0.162. The van der Waals surface area contributed by atoms with Crippen molar-refractivity contribution in [3.8, 4) is 5.75 Å². The molecule has 3 aromatic rings. The van der Waals surface area contributed by atoms with E-state index in [1.807, 2.05) is 31.2 Å². The quantitative estimate of drug-likeness (QED) is 0.470. The lowest BCUT2D eigenvalue weighted by atomic mass is 9.89. The zero-order valence-corrected chi connectivity index (χ0v) is 18.7. The Balaban J connectivity index is 1.54. The molecule has 0 radical (unpaired) electrons. The zero-order valence-electron chi connectivity index (χ0n) is 17.9. The molecule has 1 aromatic carbocycles. The van der Waals surface area contributed by atoms with Crippen molar-refractivity contribution in [3.05, 3.63) is 57.0 Å². The van der Waals surface area contributed by atoms with E-state index in [0.29, 0.717) is 23.7 Å². The maximum absolute atomic E-state index is 13.2. The molecule has 7 nitrogen and oxygen atoms in total. The topological polar surface area (TPSA) is 85.6 Å². The second-order valence-electron chi connectivity index (χ2n) is 7.87. The van der Waals surface area contributed by atoms with Gasteiger partial charge in [0.1, 0.15) is 16.6 Å². The summed E-state index contributed by atoms with van der Waals surface area (Å²) in [6, 6.07) is 6.71. The Hall–Kier alpha value is -3.00. The molecule has 0 bridgehead atoms. The molecule has 1 aliphatic rings. The van der Waals surface area contributed by atoms with Gasteiger partial charge < -0.3 is 4.74 Å². The molecule has 0 saturated carbocycles. The molecule has 8 heteroatoms. The number of para-hydroxylation sites is 1. The van der Waals surface area contributed by atoms with Gasteiger partial charge in [0.2, 0.25) is 0 Å². The molecule has 0 spiro atoms. The number of aryl methyl sites for hydroxylation is 1. The van der Waals surface area contributed by atoms with Crippen molar-refractivity contribution in [1.29, 1.82) is 0 Å². The van der Waals surface area contributed by atoms with Gasteiger partial charge in [0.05, 0.1) is 24.5 Å². The highest BCUT2D eigenvalue weighted by Gasteiger charge is 2.25. The predicted molar refractivity (Wildman–Crippen MR) is 123 cm³/mol. The Morgan fingerprint density at radius 2 is 2.26 bits per heavy atom. The Bertz CT molecular complexity index is 1200. The highest BCUT2D eigenvalue weighted by atomic mass is 32.1. The average Bonchev–Trinajstić information content (AvgIpc) is 3.13. The molecule has 1 N–H and O–H groups in total. The number of carbonyl (C=O) groups is 1. The summed E-state index contributed by atoms with van der Waals surface area (Å²) in [6.07, 6.45) is 5.96. The third-order valence-corrected chi connectivity index (χ3v) is 6.80. The van der Waals surface area contributed by atoms with E-state index in [9.17, 15) is 9.59 Å². The van der Waals surface area contributed by atoms with E-state index >= 15 is 0 Å². The number of ether oxygens (including phenoxy) is 1. The van der Waals surface area contributed by atoms with E-state index in [2.05, 4.69) is 22.4 Å². The molecule has 0 unspecified atom stereocenters. The van der Waals surface area contributed by atoms with Crippen LogP contribution in [-0.4, -0.2) is 28.3 Å². The molecule has 1 amide bonds. The van der Waals surface area contributed by atoms with Crippen molar-refractivity contribution >= 4 is 33.7 Å². The smallest absolute Gasteiger partial charge is 0.263 e. The first kappa shape index (κ1) is 21.2. The molecule has 0 fully saturated rings. The first-order chi connectivity index (χ1) is 15.0. The van der Waals surface area contributed by atoms with Crippen molar-refractivity contribution in [2.75, 3.05) is 6.61 Å². The number of thiophene rings is 1. The normalized spacial score (nSPS) is 16.9. The van der Waals surface area contributed by atoms with Crippen molar-refractivity contribution in [2.24, 2.45) is 11.0 Å². The Morgan fingerprint density at radius 3 is 3.06 bits per heavy atom. The highest BCUT2D eigenvalue weighted by molar-refractivity contribution is 7.18. The molecular weight excluding hydrogens is 412 g/mol. The van der Waals surface area contributed by atoms with Crippen LogP contribution < -0.4 is 15.7 Å². The summed E-state index contributed by atoms with van der Waals surface area (Å²) in [5, 5.41) is 4.72. The van der Waals surface area contributed by atoms with Gasteiger partial charge in [0, 0.05) is 10.4 Å². The van der Waals surface area contributed by atoms with Gasteiger partial charge in [-0.3, -0.25) is 14.2 Å². The van der Waals surface area contributed by atoms with Crippen LogP contribution in [0.15, 0.2) is 40.5 Å². The van der Waals surface area contributed by atoms with E-state index in [1.54, 1.807) is 18.3 Å². The summed E-state index contributed by atoms with van der Waals surface area (Å²) in [6.45, 7) is 6.36. The van der Waals surface area contributed by atoms with Crippen LogP contribution in [0.4, 0.5) is 0 Å². The van der Waals surface area contributed by atoms with Crippen LogP contribution in [0, 0.1) is 5.92 Å². The molecule has 2 aromatic heterocycles. The minimum Gasteiger partial charge on any atom is -0.493 e. The van der Waals surface area contributed by atoms with Crippen LogP contribution in [0.3, 0.4) is 0 Å². The monoisotopic (exact) mass is 438 g/mol. The molecule has 1 aliphatic carbocycles. The van der Waals surface area contributed by atoms with Crippen molar-refractivity contribution in [1.82, 2.24) is 15.0 Å². The van der Waals surface area contributed by atoms with Crippen LogP contribution in [-0.2, 0) is 17.6 Å². The second kappa shape index (κ2) is 9.01. The molecule has 2 heterocycles. The number of rotatable bonds is 6. The van der Waals surface area contributed by atoms with Crippen molar-refractivity contribution in [3.63, 3.8) is 0 Å². The van der Waals surface area contributed by atoms with Gasteiger partial charge in [-0.1, -0.05) is 19.1 Å². The third kappa shape index (κ3) is 4.25. The first-order valence-corrected chi connectivity index (χ1v) is 11.4.